The van der Waals surface area contributed by atoms with Crippen LogP contribution in [-0.4, -0.2) is 260 Å². The Kier molecular flexibility index (Phi) is 53.6. The number of aromatic amines is 7. The molecule has 788 valence electrons. The molecule has 7 aromatic carbocycles. The number of hydrogen-bond donors (Lipinski definition) is 14. The molecule has 0 spiro atoms. The summed E-state index contributed by atoms with van der Waals surface area (Å²) in [7, 11) is 17.8. The number of H-pyrrole nitrogens is 7. The summed E-state index contributed by atoms with van der Waals surface area (Å²) in [5, 5.41) is 43.4. The molecular formula is C105H139N11O29. The number of rotatable bonds is 34. The van der Waals surface area contributed by atoms with Crippen LogP contribution in [0.2, 0.25) is 0 Å². The quantitative estimate of drug-likeness (QED) is 0.00771. The maximum Gasteiger partial charge on any atom is 0.348 e. The van der Waals surface area contributed by atoms with Gasteiger partial charge in [-0.25, -0.2) is 14.4 Å². The Balaban J connectivity index is 0.000000426. The SMILES string of the molecule is C=O.CCC.CCOC(=O)C(C)C(=O)OCC.CCOC(=O)C(Cc1c[nH]c2ccc(OC)cc12)(NC(C)=O)C(=O)OCC.CO.COC(=O)[C@@H](N)Cc1c[nH]c2ccc(OC)cc12.COc1ccc2[nH]cc(CC(C)(OC=O)C(=O)O)c2c1.COc1ccc2[nH]cc(CC(C)C(=O)O)c2c1.COc1ccc2[nH]cc(CN(C)C)c2c1.COc1ccc2[nH]cc(C[C@H](N)C(=O)O)c2c1.COc1ccc2[nH]ccc2c1.O. The lowest BCUT2D eigenvalue weighted by atomic mass is 9.90. The number of carboxylic acid groups (broad SMARTS) is 3. The number of methoxy groups -OCH3 is 8. The fourth-order valence-corrected chi connectivity index (χ4v) is 14.1. The Labute approximate surface area is 840 Å². The van der Waals surface area contributed by atoms with Crippen LogP contribution in [0, 0.1) is 11.8 Å². The Morgan fingerprint density at radius 1 is 0.421 bits per heavy atom. The predicted molar refractivity (Wildman–Crippen MR) is 553 cm³/mol. The standard InChI is InChI=1S/C19H24N2O6.C14H15NO5.C13H16N2O3.C13H15NO3.C12H14N2O3.C12H16N2O.C9H9NO.C8H14O4.C3H8.CH4O.CH2O.H2O/c1-5-26-17(23)19(21-12(3)22,18(24)27-6-2)10-13-11-20-16-8-7-14(25-4)9-15(13)16;1-14(13(17)18,20-8-16)6-9-7-15-12-4-3-10(19-2)5-11(9)12;1-17-9-3-4-12-10(6-9)8(7-15-12)5-11(14)13(16)18-2;1-8(13(15)16)5-9-7-14-12-4-3-10(17-2)6-11(9)12;1-17-8-2-3-11-9(5-8)7(6-14-11)4-10(13)12(15)16;1-14(2)8-9-7-13-12-5-4-10(15-3)6-11(9)12;1-11-8-2-3-9-7(6-8)4-5-10-9;1-4-11-7(9)6(3)8(10)12-5-2;1-3-2;2*1-2;/h7-9,11,20H,5-6,10H2,1-4H3,(H,21,22);3-5,7-8,15H,6H2,1-2H3,(H,17,18);3-4,6-7,11,15H,5,14H2,1-2H3;3-4,6-8,14H,5H2,1-2H3,(H,15,16);2-3,5-6,10,14H,4,13H2,1H3,(H,15,16);4-7,13H,8H2,1-3H3;2-6,10H,1H3;6H,4-5H2,1-3H3;3H2,1-2H3;2H,1H3;1H2;1H2/t;;11-;;10-;;;;;;;/m..0.0......./s1. The van der Waals surface area contributed by atoms with E-state index in [0.29, 0.717) is 36.3 Å². The number of fused-ring (bicyclic) bond motifs is 7. The third kappa shape index (κ3) is 36.5. The molecule has 0 aliphatic rings. The first-order valence-corrected chi connectivity index (χ1v) is 45.6. The molecule has 40 heteroatoms. The number of nitrogens with two attached hydrogens (primary N) is 2. The van der Waals surface area contributed by atoms with E-state index in [1.54, 1.807) is 121 Å². The topological polar surface area (TPSA) is 598 Å². The van der Waals surface area contributed by atoms with Crippen molar-refractivity contribution in [2.45, 2.75) is 138 Å². The summed E-state index contributed by atoms with van der Waals surface area (Å²) in [6.45, 7) is 20.4. The second kappa shape index (κ2) is 63.1. The first-order chi connectivity index (χ1) is 68.9. The molecule has 14 rings (SSSR count). The number of nitrogens with zero attached hydrogens (tertiary/aromatic N) is 1. The van der Waals surface area contributed by atoms with Crippen molar-refractivity contribution in [2.75, 3.05) is 105 Å². The number of benzene rings is 7. The molecule has 0 fully saturated rings. The van der Waals surface area contributed by atoms with Gasteiger partial charge in [0.1, 0.15) is 59.1 Å². The molecular weight excluding hydrogens is 1880 g/mol. The Morgan fingerprint density at radius 2 is 0.724 bits per heavy atom. The summed E-state index contributed by atoms with van der Waals surface area (Å²) in [5.41, 5.74) is 20.2. The van der Waals surface area contributed by atoms with E-state index in [-0.39, 0.29) is 57.1 Å². The van der Waals surface area contributed by atoms with Crippen LogP contribution in [0.5, 0.6) is 40.2 Å². The van der Waals surface area contributed by atoms with E-state index in [1.165, 1.54) is 50.6 Å². The minimum atomic E-state index is -1.98. The molecule has 18 N–H and O–H groups in total. The van der Waals surface area contributed by atoms with E-state index in [4.69, 9.17) is 79.0 Å². The molecule has 40 nitrogen and oxygen atoms in total. The van der Waals surface area contributed by atoms with Crippen LogP contribution in [0.1, 0.15) is 109 Å². The van der Waals surface area contributed by atoms with Gasteiger partial charge in [0.05, 0.1) is 89.2 Å². The van der Waals surface area contributed by atoms with Crippen molar-refractivity contribution in [1.29, 1.82) is 0 Å². The van der Waals surface area contributed by atoms with E-state index < -0.39 is 82.8 Å². The van der Waals surface area contributed by atoms with Gasteiger partial charge in [0.15, 0.2) is 5.92 Å². The van der Waals surface area contributed by atoms with Crippen LogP contribution in [0.25, 0.3) is 76.3 Å². The lowest BCUT2D eigenvalue weighted by Gasteiger charge is -2.29. The molecule has 145 heavy (non-hydrogen) atoms. The van der Waals surface area contributed by atoms with Gasteiger partial charge in [0.25, 0.3) is 6.47 Å². The molecule has 0 saturated carbocycles. The Bertz CT molecular complexity index is 6270. The van der Waals surface area contributed by atoms with Crippen LogP contribution in [0.15, 0.2) is 177 Å². The van der Waals surface area contributed by atoms with Crippen LogP contribution >= 0.6 is 0 Å². The number of aliphatic hydroxyl groups excluding tert-OH is 1. The number of aliphatic carboxylic acids is 3. The third-order valence-corrected chi connectivity index (χ3v) is 21.4. The number of esters is 5. The van der Waals surface area contributed by atoms with Crippen molar-refractivity contribution in [3.63, 3.8) is 0 Å². The summed E-state index contributed by atoms with van der Waals surface area (Å²) in [5.74, 6) is -2.53. The lowest BCUT2D eigenvalue weighted by molar-refractivity contribution is -0.168. The molecule has 2 unspecified atom stereocenters. The van der Waals surface area contributed by atoms with Gasteiger partial charge in [-0.2, -0.15) is 0 Å². The number of carbonyl (C=O) groups is 11. The number of aromatic nitrogens is 7. The molecule has 0 radical (unpaired) electrons. The summed E-state index contributed by atoms with van der Waals surface area (Å²) in [6, 6.07) is 40.5. The van der Waals surface area contributed by atoms with Gasteiger partial charge in [0, 0.05) is 166 Å². The van der Waals surface area contributed by atoms with Crippen LogP contribution < -0.4 is 49.9 Å². The average molecular weight is 2020 g/mol. The maximum atomic E-state index is 12.7. The highest BCUT2D eigenvalue weighted by atomic mass is 16.6. The zero-order valence-corrected chi connectivity index (χ0v) is 85.8. The molecule has 0 aliphatic carbocycles. The van der Waals surface area contributed by atoms with Crippen molar-refractivity contribution < 1.29 is 140 Å². The number of hydrogen-bond acceptors (Lipinski definition) is 28. The third-order valence-electron chi connectivity index (χ3n) is 21.4. The van der Waals surface area contributed by atoms with Crippen molar-refractivity contribution in [3.8, 4) is 40.2 Å². The highest BCUT2D eigenvalue weighted by molar-refractivity contribution is 6.09. The van der Waals surface area contributed by atoms with Gasteiger partial charge in [0.2, 0.25) is 17.0 Å². The van der Waals surface area contributed by atoms with Crippen molar-refractivity contribution in [2.24, 2.45) is 23.3 Å². The largest absolute Gasteiger partial charge is 0.497 e. The number of carboxylic acids is 3. The van der Waals surface area contributed by atoms with Crippen LogP contribution in [-0.2, 0) is 120 Å². The molecule has 14 aromatic rings. The Hall–Kier alpha value is -15.9. The van der Waals surface area contributed by atoms with E-state index in [0.717, 1.165) is 130 Å². The van der Waals surface area contributed by atoms with Gasteiger partial charge in [-0.05, 0) is 229 Å². The summed E-state index contributed by atoms with van der Waals surface area (Å²) >= 11 is 0. The van der Waals surface area contributed by atoms with Crippen LogP contribution in [0.3, 0.4) is 0 Å². The normalized spacial score (nSPS) is 11.4. The molecule has 7 aromatic heterocycles. The first kappa shape index (κ1) is 123. The number of nitrogens with one attached hydrogen (secondary N) is 8. The molecule has 0 bridgehead atoms. The number of carbonyl (C=O) groups excluding carboxylic acids is 8. The smallest absolute Gasteiger partial charge is 0.348 e. The second-order valence-electron chi connectivity index (χ2n) is 32.0. The van der Waals surface area contributed by atoms with E-state index in [1.807, 2.05) is 135 Å². The van der Waals surface area contributed by atoms with Gasteiger partial charge < -0.3 is 149 Å². The Morgan fingerprint density at radius 3 is 1.03 bits per heavy atom. The van der Waals surface area contributed by atoms with Crippen LogP contribution in [0.4, 0.5) is 0 Å². The summed E-state index contributed by atoms with van der Waals surface area (Å²) < 4.78 is 65.0. The predicted octanol–water partition coefficient (Wildman–Crippen LogP) is 13.4. The fourth-order valence-electron chi connectivity index (χ4n) is 14.1. The van der Waals surface area contributed by atoms with E-state index in [2.05, 4.69) is 99.5 Å². The summed E-state index contributed by atoms with van der Waals surface area (Å²) in [6.07, 6.45) is 15.3. The molecule has 7 heterocycles. The number of ether oxygens (including phenoxy) is 13. The van der Waals surface area contributed by atoms with E-state index in [9.17, 15) is 53.1 Å². The second-order valence-corrected chi connectivity index (χ2v) is 32.0. The van der Waals surface area contributed by atoms with Gasteiger partial charge in [-0.3, -0.25) is 33.6 Å². The monoisotopic (exact) mass is 2020 g/mol. The number of aliphatic hydroxyl groups is 1. The molecule has 0 saturated heterocycles. The molecule has 0 aliphatic heterocycles. The fraction of sp³-hybridized carbons (Fsp3) is 0.362. The summed E-state index contributed by atoms with van der Waals surface area (Å²) in [4.78, 5) is 146. The number of amides is 1. The van der Waals surface area contributed by atoms with Gasteiger partial charge in [-0.15, -0.1) is 0 Å². The minimum Gasteiger partial charge on any atom is -0.497 e. The molecule has 1 amide bonds. The highest BCUT2D eigenvalue weighted by Crippen LogP contribution is 2.34. The van der Waals surface area contributed by atoms with Gasteiger partial charge >= 0.3 is 47.8 Å². The van der Waals surface area contributed by atoms with Gasteiger partial charge in [-0.1, -0.05) is 27.2 Å². The highest BCUT2D eigenvalue weighted by Gasteiger charge is 2.51. The zero-order valence-electron chi connectivity index (χ0n) is 85.8. The van der Waals surface area contributed by atoms with Crippen molar-refractivity contribution in [3.05, 3.63) is 210 Å². The van der Waals surface area contributed by atoms with Crippen molar-refractivity contribution in [1.82, 2.24) is 45.1 Å². The maximum absolute atomic E-state index is 12.7. The average Bonchev–Trinajstić information content (AvgIpc) is 1.73. The molecule has 4 atom stereocenters. The zero-order chi connectivity index (χ0) is 108. The minimum absolute atomic E-state index is 0. The van der Waals surface area contributed by atoms with Crippen molar-refractivity contribution >= 4 is 143 Å². The van der Waals surface area contributed by atoms with E-state index >= 15 is 0 Å². The first-order valence-electron chi connectivity index (χ1n) is 45.6. The lowest BCUT2D eigenvalue weighted by Crippen LogP contribution is -2.62.